The van der Waals surface area contributed by atoms with Gasteiger partial charge in [-0.15, -0.1) is 0 Å². The van der Waals surface area contributed by atoms with E-state index in [1.54, 1.807) is 6.92 Å². The van der Waals surface area contributed by atoms with E-state index in [-0.39, 0.29) is 11.9 Å². The van der Waals surface area contributed by atoms with Gasteiger partial charge in [-0.1, -0.05) is 175 Å². The number of carbonyl (C=O) groups excluding carboxylic acids is 2. The second-order valence-electron chi connectivity index (χ2n) is 11.4. The maximum Gasteiger partial charge on any atom is 0.333 e. The number of esters is 2. The lowest BCUT2D eigenvalue weighted by Crippen LogP contribution is -2.05. The van der Waals surface area contributed by atoms with Crippen LogP contribution in [0.2, 0.25) is 0 Å². The Balaban J connectivity index is 0. The molecule has 0 spiro atoms. The monoisotopic (exact) mass is 565 g/mol. The Bertz CT molecular complexity index is 569. The number of rotatable bonds is 29. The van der Waals surface area contributed by atoms with Gasteiger partial charge in [-0.2, -0.15) is 0 Å². The molecule has 4 heteroatoms. The second-order valence-corrected chi connectivity index (χ2v) is 11.4. The van der Waals surface area contributed by atoms with E-state index in [4.69, 9.17) is 9.47 Å². The van der Waals surface area contributed by atoms with Crippen LogP contribution in [0.3, 0.4) is 0 Å². The fraction of sp³-hybridized carbons (Fsp3) is 0.833. The molecule has 4 nitrogen and oxygen atoms in total. The van der Waals surface area contributed by atoms with Crippen molar-refractivity contribution in [3.63, 3.8) is 0 Å². The van der Waals surface area contributed by atoms with Gasteiger partial charge in [-0.25, -0.2) is 9.59 Å². The normalized spacial score (nSPS) is 10.5. The first-order valence-corrected chi connectivity index (χ1v) is 17.1. The zero-order valence-corrected chi connectivity index (χ0v) is 27.2. The van der Waals surface area contributed by atoms with E-state index in [1.807, 2.05) is 0 Å². The lowest BCUT2D eigenvalue weighted by molar-refractivity contribution is -0.139. The van der Waals surface area contributed by atoms with Crippen LogP contribution in [0.25, 0.3) is 0 Å². The Hall–Kier alpha value is -1.58. The summed E-state index contributed by atoms with van der Waals surface area (Å²) in [6, 6.07) is 0. The molecule has 0 N–H and O–H groups in total. The van der Waals surface area contributed by atoms with Gasteiger partial charge in [0.2, 0.25) is 0 Å². The highest BCUT2D eigenvalue weighted by atomic mass is 16.5. The van der Waals surface area contributed by atoms with Crippen molar-refractivity contribution >= 4 is 11.9 Å². The lowest BCUT2D eigenvalue weighted by Gasteiger charge is -2.04. The van der Waals surface area contributed by atoms with Gasteiger partial charge in [-0.05, 0) is 19.8 Å². The molecule has 0 heterocycles. The first-order chi connectivity index (χ1) is 19.5. The molecule has 40 heavy (non-hydrogen) atoms. The van der Waals surface area contributed by atoms with Crippen LogP contribution < -0.4 is 0 Å². The number of hydrogen-bond donors (Lipinski definition) is 0. The molecule has 0 aromatic rings. The SMILES string of the molecule is C=C(C)C(=O)OCCCCCCCCCCC.C=CC(=O)OCCCCCCCCCCCCCCCCCC. The van der Waals surface area contributed by atoms with E-state index in [1.165, 1.54) is 147 Å². The Morgan fingerprint density at radius 1 is 0.500 bits per heavy atom. The van der Waals surface area contributed by atoms with Gasteiger partial charge in [-0.3, -0.25) is 0 Å². The molecule has 0 atom stereocenters. The zero-order chi connectivity index (χ0) is 29.9. The summed E-state index contributed by atoms with van der Waals surface area (Å²) < 4.78 is 9.98. The molecule has 0 aromatic carbocycles. The fourth-order valence-electron chi connectivity index (χ4n) is 4.58. The summed E-state index contributed by atoms with van der Waals surface area (Å²) in [5.41, 5.74) is 0.487. The van der Waals surface area contributed by atoms with Gasteiger partial charge in [0.15, 0.2) is 0 Å². The topological polar surface area (TPSA) is 52.6 Å². The summed E-state index contributed by atoms with van der Waals surface area (Å²) in [6.07, 6.45) is 34.5. The van der Waals surface area contributed by atoms with Crippen molar-refractivity contribution < 1.29 is 19.1 Å². The molecule has 0 unspecified atom stereocenters. The Morgan fingerprint density at radius 2 is 0.775 bits per heavy atom. The van der Waals surface area contributed by atoms with Crippen LogP contribution >= 0.6 is 0 Å². The van der Waals surface area contributed by atoms with Crippen LogP contribution in [-0.2, 0) is 19.1 Å². The average molecular weight is 565 g/mol. The van der Waals surface area contributed by atoms with E-state index in [9.17, 15) is 9.59 Å². The van der Waals surface area contributed by atoms with Crippen LogP contribution in [0, 0.1) is 0 Å². The Kier molecular flexibility index (Phi) is 35.9. The molecule has 0 rings (SSSR count). The minimum Gasteiger partial charge on any atom is -0.463 e. The molecule has 0 aliphatic rings. The van der Waals surface area contributed by atoms with Crippen molar-refractivity contribution in [1.29, 1.82) is 0 Å². The maximum absolute atomic E-state index is 11.1. The first kappa shape index (κ1) is 40.6. The van der Waals surface area contributed by atoms with Crippen LogP contribution in [0.4, 0.5) is 0 Å². The molecule has 0 bridgehead atoms. The van der Waals surface area contributed by atoms with Crippen LogP contribution in [0.15, 0.2) is 24.8 Å². The van der Waals surface area contributed by atoms with E-state index in [0.717, 1.165) is 19.3 Å². The lowest BCUT2D eigenvalue weighted by atomic mass is 10.0. The molecule has 236 valence electrons. The second kappa shape index (κ2) is 35.4. The summed E-state index contributed by atoms with van der Waals surface area (Å²) in [5.74, 6) is -0.560. The highest BCUT2D eigenvalue weighted by Gasteiger charge is 2.01. The van der Waals surface area contributed by atoms with E-state index in [2.05, 4.69) is 27.0 Å². The smallest absolute Gasteiger partial charge is 0.333 e. The molecule has 0 aliphatic heterocycles. The van der Waals surface area contributed by atoms with Gasteiger partial charge in [0.1, 0.15) is 0 Å². The molecule has 0 radical (unpaired) electrons. The summed E-state index contributed by atoms with van der Waals surface area (Å²) >= 11 is 0. The first-order valence-electron chi connectivity index (χ1n) is 17.1. The van der Waals surface area contributed by atoms with Crippen molar-refractivity contribution in [2.24, 2.45) is 0 Å². The number of ether oxygens (including phenoxy) is 2. The third-order valence-electron chi connectivity index (χ3n) is 7.24. The molecule has 0 aliphatic carbocycles. The zero-order valence-electron chi connectivity index (χ0n) is 27.2. The molecular weight excluding hydrogens is 496 g/mol. The number of carbonyl (C=O) groups is 2. The third-order valence-corrected chi connectivity index (χ3v) is 7.24. The van der Waals surface area contributed by atoms with E-state index in [0.29, 0.717) is 18.8 Å². The number of unbranched alkanes of at least 4 members (excludes halogenated alkanes) is 23. The van der Waals surface area contributed by atoms with Gasteiger partial charge in [0.25, 0.3) is 0 Å². The van der Waals surface area contributed by atoms with Gasteiger partial charge < -0.3 is 9.47 Å². The standard InChI is InChI=1S/C21H40O2.C15H28O2/c1-3-5-6-7-8-9-10-11-12-13-14-15-16-17-18-19-20-23-21(22)4-2;1-4-5-6-7-8-9-10-11-12-13-17-15(16)14(2)3/h4H,2-3,5-20H2,1H3;2,4-13H2,1,3H3. The summed E-state index contributed by atoms with van der Waals surface area (Å²) in [4.78, 5) is 21.9. The highest BCUT2D eigenvalue weighted by Crippen LogP contribution is 2.14. The molecule has 0 fully saturated rings. The van der Waals surface area contributed by atoms with Gasteiger partial charge in [0, 0.05) is 11.6 Å². The summed E-state index contributed by atoms with van der Waals surface area (Å²) in [5, 5.41) is 0. The predicted molar refractivity (Wildman–Crippen MR) is 174 cm³/mol. The minimum absolute atomic E-state index is 0.260. The van der Waals surface area contributed by atoms with E-state index < -0.39 is 0 Å². The molecule has 0 saturated carbocycles. The van der Waals surface area contributed by atoms with Crippen LogP contribution in [0.5, 0.6) is 0 Å². The highest BCUT2D eigenvalue weighted by molar-refractivity contribution is 5.86. The van der Waals surface area contributed by atoms with Crippen LogP contribution in [0.1, 0.15) is 181 Å². The number of hydrogen-bond acceptors (Lipinski definition) is 4. The van der Waals surface area contributed by atoms with Crippen molar-refractivity contribution in [2.45, 2.75) is 181 Å². The fourth-order valence-corrected chi connectivity index (χ4v) is 4.58. The van der Waals surface area contributed by atoms with Crippen molar-refractivity contribution in [2.75, 3.05) is 13.2 Å². The predicted octanol–water partition coefficient (Wildman–Crippen LogP) is 11.6. The molecule has 0 aromatic heterocycles. The third kappa shape index (κ3) is 36.4. The van der Waals surface area contributed by atoms with Crippen molar-refractivity contribution in [1.82, 2.24) is 0 Å². The Labute approximate surface area is 250 Å². The molecular formula is C36H68O4. The largest absolute Gasteiger partial charge is 0.463 e. The summed E-state index contributed by atoms with van der Waals surface area (Å²) in [7, 11) is 0. The molecule has 0 saturated heterocycles. The minimum atomic E-state index is -0.300. The molecule has 0 amide bonds. The van der Waals surface area contributed by atoms with Gasteiger partial charge in [0.05, 0.1) is 13.2 Å². The van der Waals surface area contributed by atoms with Gasteiger partial charge >= 0.3 is 11.9 Å². The maximum atomic E-state index is 11.1. The van der Waals surface area contributed by atoms with Crippen molar-refractivity contribution in [3.8, 4) is 0 Å². The van der Waals surface area contributed by atoms with E-state index >= 15 is 0 Å². The summed E-state index contributed by atoms with van der Waals surface area (Å²) in [6.45, 7) is 14.2. The Morgan fingerprint density at radius 3 is 1.05 bits per heavy atom. The quantitative estimate of drug-likeness (QED) is 0.0515. The average Bonchev–Trinajstić information content (AvgIpc) is 2.95. The van der Waals surface area contributed by atoms with Crippen LogP contribution in [-0.4, -0.2) is 25.2 Å². The van der Waals surface area contributed by atoms with Crippen molar-refractivity contribution in [3.05, 3.63) is 24.8 Å².